The number of hydrogen-bond donors (Lipinski definition) is 0. The Labute approximate surface area is 119 Å². The quantitative estimate of drug-likeness (QED) is 0.799. The number of Topliss-reactive ketones (excluding diaryl/α,β-unsaturated/α-hetero) is 1. The van der Waals surface area contributed by atoms with Gasteiger partial charge in [-0.15, -0.1) is 0 Å². The minimum absolute atomic E-state index is 0.245. The van der Waals surface area contributed by atoms with E-state index in [4.69, 9.17) is 16.9 Å². The summed E-state index contributed by atoms with van der Waals surface area (Å²) >= 11 is 5.94. The highest BCUT2D eigenvalue weighted by atomic mass is 35.5. The standard InChI is InChI=1S/C15H8ClF2NO/c16-13-4-2-1-3-10(13)12(8-19)15(20)11-6-5-9(17)7-14(11)18/h1-7,12H. The first-order valence-corrected chi connectivity index (χ1v) is 6.05. The topological polar surface area (TPSA) is 40.9 Å². The lowest BCUT2D eigenvalue weighted by molar-refractivity contribution is 0.0975. The normalized spacial score (nSPS) is 11.7. The van der Waals surface area contributed by atoms with E-state index in [0.29, 0.717) is 11.6 Å². The maximum atomic E-state index is 13.6. The average molecular weight is 292 g/mol. The van der Waals surface area contributed by atoms with Crippen molar-refractivity contribution in [1.82, 2.24) is 0 Å². The molecule has 0 spiro atoms. The molecule has 0 aliphatic carbocycles. The number of carbonyl (C=O) groups excluding carboxylic acids is 1. The van der Waals surface area contributed by atoms with Crippen molar-refractivity contribution in [1.29, 1.82) is 5.26 Å². The summed E-state index contributed by atoms with van der Waals surface area (Å²) < 4.78 is 26.5. The molecule has 0 saturated heterocycles. The van der Waals surface area contributed by atoms with Gasteiger partial charge >= 0.3 is 0 Å². The van der Waals surface area contributed by atoms with Crippen LogP contribution in [-0.4, -0.2) is 5.78 Å². The molecule has 2 nitrogen and oxygen atoms in total. The summed E-state index contributed by atoms with van der Waals surface area (Å²) in [6.45, 7) is 0. The number of ketones is 1. The second kappa shape index (κ2) is 5.81. The largest absolute Gasteiger partial charge is 0.292 e. The smallest absolute Gasteiger partial charge is 0.187 e. The molecular weight excluding hydrogens is 284 g/mol. The lowest BCUT2D eigenvalue weighted by Crippen LogP contribution is -2.13. The van der Waals surface area contributed by atoms with Crippen LogP contribution in [0.15, 0.2) is 42.5 Å². The van der Waals surface area contributed by atoms with Crippen LogP contribution in [0, 0.1) is 23.0 Å². The summed E-state index contributed by atoms with van der Waals surface area (Å²) in [5.41, 5.74) is -0.0386. The van der Waals surface area contributed by atoms with Crippen LogP contribution >= 0.6 is 11.6 Å². The molecule has 2 aromatic rings. The van der Waals surface area contributed by atoms with E-state index in [9.17, 15) is 13.6 Å². The average Bonchev–Trinajstić information content (AvgIpc) is 2.41. The second-order valence-corrected chi connectivity index (χ2v) is 4.48. The van der Waals surface area contributed by atoms with E-state index >= 15 is 0 Å². The first kappa shape index (κ1) is 14.2. The van der Waals surface area contributed by atoms with Gasteiger partial charge in [0.1, 0.15) is 17.6 Å². The molecule has 20 heavy (non-hydrogen) atoms. The molecule has 0 aliphatic rings. The van der Waals surface area contributed by atoms with Crippen LogP contribution in [0.1, 0.15) is 21.8 Å². The lowest BCUT2D eigenvalue weighted by atomic mass is 9.91. The van der Waals surface area contributed by atoms with Crippen molar-refractivity contribution in [2.24, 2.45) is 0 Å². The molecule has 0 N–H and O–H groups in total. The second-order valence-electron chi connectivity index (χ2n) is 4.07. The molecule has 2 aromatic carbocycles. The summed E-state index contributed by atoms with van der Waals surface area (Å²) in [5.74, 6) is -3.77. The van der Waals surface area contributed by atoms with Gasteiger partial charge in [0.25, 0.3) is 0 Å². The van der Waals surface area contributed by atoms with E-state index in [0.717, 1.165) is 12.1 Å². The third-order valence-corrected chi connectivity index (χ3v) is 3.15. The van der Waals surface area contributed by atoms with Crippen LogP contribution in [0.5, 0.6) is 0 Å². The Balaban J connectivity index is 2.45. The molecule has 100 valence electrons. The van der Waals surface area contributed by atoms with Crippen molar-refractivity contribution in [2.75, 3.05) is 0 Å². The minimum atomic E-state index is -1.23. The number of hydrogen-bond acceptors (Lipinski definition) is 2. The first-order valence-electron chi connectivity index (χ1n) is 5.68. The number of halogens is 3. The third-order valence-electron chi connectivity index (χ3n) is 2.80. The SMILES string of the molecule is N#CC(C(=O)c1ccc(F)cc1F)c1ccccc1Cl. The predicted octanol–water partition coefficient (Wildman–Crippen LogP) is 4.11. The maximum Gasteiger partial charge on any atom is 0.187 e. The van der Waals surface area contributed by atoms with E-state index in [-0.39, 0.29) is 10.6 Å². The Hall–Kier alpha value is -2.25. The lowest BCUT2D eigenvalue weighted by Gasteiger charge is -2.11. The van der Waals surface area contributed by atoms with Gasteiger partial charge in [0.05, 0.1) is 11.6 Å². The molecule has 0 fully saturated rings. The zero-order valence-corrected chi connectivity index (χ0v) is 10.9. The predicted molar refractivity (Wildman–Crippen MR) is 70.5 cm³/mol. The van der Waals surface area contributed by atoms with Crippen LogP contribution in [-0.2, 0) is 0 Å². The van der Waals surface area contributed by atoms with Gasteiger partial charge in [0.2, 0.25) is 0 Å². The zero-order chi connectivity index (χ0) is 14.7. The number of rotatable bonds is 3. The third kappa shape index (κ3) is 2.68. The van der Waals surface area contributed by atoms with E-state index in [2.05, 4.69) is 0 Å². The van der Waals surface area contributed by atoms with Gasteiger partial charge in [-0.3, -0.25) is 4.79 Å². The monoisotopic (exact) mass is 291 g/mol. The molecule has 0 radical (unpaired) electrons. The number of nitrogens with zero attached hydrogens (tertiary/aromatic N) is 1. The minimum Gasteiger partial charge on any atom is -0.292 e. The highest BCUT2D eigenvalue weighted by Crippen LogP contribution is 2.28. The molecule has 5 heteroatoms. The van der Waals surface area contributed by atoms with Crippen molar-refractivity contribution in [3.8, 4) is 6.07 Å². The summed E-state index contributed by atoms with van der Waals surface area (Å²) in [7, 11) is 0. The Kier molecular flexibility index (Phi) is 4.11. The molecule has 0 saturated carbocycles. The molecule has 0 amide bonds. The van der Waals surface area contributed by atoms with E-state index in [1.54, 1.807) is 18.2 Å². The summed E-state index contributed by atoms with van der Waals surface area (Å²) in [6, 6.07) is 10.7. The first-order chi connectivity index (χ1) is 9.54. The van der Waals surface area contributed by atoms with Gasteiger partial charge in [-0.1, -0.05) is 29.8 Å². The van der Waals surface area contributed by atoms with Crippen LogP contribution in [0.4, 0.5) is 8.78 Å². The number of carbonyl (C=O) groups is 1. The fourth-order valence-electron chi connectivity index (χ4n) is 1.82. The highest BCUT2D eigenvalue weighted by Gasteiger charge is 2.26. The van der Waals surface area contributed by atoms with E-state index in [1.165, 1.54) is 12.1 Å². The van der Waals surface area contributed by atoms with Crippen molar-refractivity contribution >= 4 is 17.4 Å². The van der Waals surface area contributed by atoms with Gasteiger partial charge in [-0.2, -0.15) is 5.26 Å². The van der Waals surface area contributed by atoms with Crippen molar-refractivity contribution in [3.63, 3.8) is 0 Å². The fraction of sp³-hybridized carbons (Fsp3) is 0.0667. The highest BCUT2D eigenvalue weighted by molar-refractivity contribution is 6.31. The van der Waals surface area contributed by atoms with Crippen LogP contribution in [0.25, 0.3) is 0 Å². The maximum absolute atomic E-state index is 13.6. The fourth-order valence-corrected chi connectivity index (χ4v) is 2.07. The van der Waals surface area contributed by atoms with Crippen molar-refractivity contribution in [3.05, 3.63) is 70.2 Å². The van der Waals surface area contributed by atoms with Crippen molar-refractivity contribution < 1.29 is 13.6 Å². The number of nitriles is 1. The Morgan fingerprint density at radius 2 is 1.90 bits per heavy atom. The van der Waals surface area contributed by atoms with Crippen LogP contribution in [0.3, 0.4) is 0 Å². The zero-order valence-electron chi connectivity index (χ0n) is 10.1. The Bertz CT molecular complexity index is 709. The van der Waals surface area contributed by atoms with Gasteiger partial charge in [0, 0.05) is 11.1 Å². The van der Waals surface area contributed by atoms with Gasteiger partial charge in [-0.05, 0) is 23.8 Å². The summed E-state index contributed by atoms with van der Waals surface area (Å²) in [6.07, 6.45) is 0. The molecule has 0 aromatic heterocycles. The molecule has 2 rings (SSSR count). The molecule has 0 heterocycles. The molecule has 0 bridgehead atoms. The van der Waals surface area contributed by atoms with Gasteiger partial charge < -0.3 is 0 Å². The Morgan fingerprint density at radius 1 is 1.20 bits per heavy atom. The number of benzene rings is 2. The molecular formula is C15H8ClF2NO. The Morgan fingerprint density at radius 3 is 2.50 bits per heavy atom. The van der Waals surface area contributed by atoms with E-state index < -0.39 is 23.3 Å². The van der Waals surface area contributed by atoms with Crippen molar-refractivity contribution in [2.45, 2.75) is 5.92 Å². The molecule has 0 aliphatic heterocycles. The van der Waals surface area contributed by atoms with Gasteiger partial charge in [-0.25, -0.2) is 8.78 Å². The van der Waals surface area contributed by atoms with E-state index in [1.807, 2.05) is 0 Å². The van der Waals surface area contributed by atoms with Crippen LogP contribution in [0.2, 0.25) is 5.02 Å². The summed E-state index contributed by atoms with van der Waals surface area (Å²) in [5, 5.41) is 9.40. The van der Waals surface area contributed by atoms with Crippen LogP contribution < -0.4 is 0 Å². The molecule has 1 atom stereocenters. The van der Waals surface area contributed by atoms with Gasteiger partial charge in [0.15, 0.2) is 5.78 Å². The summed E-state index contributed by atoms with van der Waals surface area (Å²) in [4.78, 5) is 12.2. The molecule has 1 unspecified atom stereocenters.